The summed E-state index contributed by atoms with van der Waals surface area (Å²) in [5.41, 5.74) is 1.71. The van der Waals surface area contributed by atoms with Gasteiger partial charge in [0.2, 0.25) is 0 Å². The lowest BCUT2D eigenvalue weighted by Crippen LogP contribution is -2.13. The molecule has 9 heteroatoms. The van der Waals surface area contributed by atoms with E-state index in [-0.39, 0.29) is 23.0 Å². The number of carbonyl (C=O) groups excluding carboxylic acids is 1. The van der Waals surface area contributed by atoms with Crippen molar-refractivity contribution in [3.63, 3.8) is 0 Å². The number of nitriles is 1. The summed E-state index contributed by atoms with van der Waals surface area (Å²) >= 11 is 18.7. The second-order valence-corrected chi connectivity index (χ2v) is 9.00. The number of benzene rings is 3. The lowest BCUT2D eigenvalue weighted by molar-refractivity contribution is -0.112. The summed E-state index contributed by atoms with van der Waals surface area (Å²) in [5, 5.41) is 12.7. The average molecular weight is 599 g/mol. The maximum Gasteiger partial charge on any atom is 0.266 e. The van der Waals surface area contributed by atoms with Crippen molar-refractivity contribution in [1.29, 1.82) is 5.26 Å². The monoisotopic (exact) mass is 596 g/mol. The van der Waals surface area contributed by atoms with Crippen molar-refractivity contribution in [2.75, 3.05) is 5.32 Å². The minimum atomic E-state index is -0.588. The molecule has 0 spiro atoms. The fourth-order valence-corrected chi connectivity index (χ4v) is 4.37. The topological polar surface area (TPSA) is 62.1 Å². The number of ether oxygens (including phenoxy) is 1. The standard InChI is InChI=1S/C23H13Br2Cl2FN2O2/c24-18-8-14(9-19(25)22(18)32-12-13-1-3-16(28)4-2-13)7-15(11-29)23(31)30-17-5-6-20(26)21(27)10-17/h1-10H,12H2,(H,30,31)/b15-7+. The van der Waals surface area contributed by atoms with E-state index in [9.17, 15) is 14.4 Å². The van der Waals surface area contributed by atoms with Gasteiger partial charge in [-0.2, -0.15) is 5.26 Å². The highest BCUT2D eigenvalue weighted by atomic mass is 79.9. The highest BCUT2D eigenvalue weighted by Gasteiger charge is 2.13. The molecule has 0 atom stereocenters. The molecular weight excluding hydrogens is 586 g/mol. The Balaban J connectivity index is 1.77. The second-order valence-electron chi connectivity index (χ2n) is 6.48. The van der Waals surface area contributed by atoms with Crippen molar-refractivity contribution in [3.8, 4) is 11.8 Å². The predicted molar refractivity (Wildman–Crippen MR) is 131 cm³/mol. The van der Waals surface area contributed by atoms with Crippen LogP contribution < -0.4 is 10.1 Å². The summed E-state index contributed by atoms with van der Waals surface area (Å²) in [6.07, 6.45) is 1.45. The molecule has 4 nitrogen and oxygen atoms in total. The Kier molecular flexibility index (Phi) is 8.32. The largest absolute Gasteiger partial charge is 0.487 e. The zero-order valence-electron chi connectivity index (χ0n) is 16.1. The molecule has 0 radical (unpaired) electrons. The van der Waals surface area contributed by atoms with Gasteiger partial charge >= 0.3 is 0 Å². The minimum Gasteiger partial charge on any atom is -0.487 e. The van der Waals surface area contributed by atoms with Gasteiger partial charge in [-0.05, 0) is 91.5 Å². The van der Waals surface area contributed by atoms with Gasteiger partial charge in [0.15, 0.2) is 0 Å². The van der Waals surface area contributed by atoms with Gasteiger partial charge in [0.25, 0.3) is 5.91 Å². The van der Waals surface area contributed by atoms with E-state index in [2.05, 4.69) is 37.2 Å². The molecule has 0 aliphatic rings. The molecule has 1 amide bonds. The molecule has 162 valence electrons. The van der Waals surface area contributed by atoms with Crippen LogP contribution in [0.15, 0.2) is 69.1 Å². The van der Waals surface area contributed by atoms with Crippen LogP contribution in [0.1, 0.15) is 11.1 Å². The summed E-state index contributed by atoms with van der Waals surface area (Å²) in [5.74, 6) is -0.372. The van der Waals surface area contributed by atoms with Gasteiger partial charge in [-0.25, -0.2) is 4.39 Å². The van der Waals surface area contributed by atoms with Crippen LogP contribution in [0.3, 0.4) is 0 Å². The number of anilines is 1. The quantitative estimate of drug-likeness (QED) is 0.233. The molecule has 0 bridgehead atoms. The number of hydrogen-bond donors (Lipinski definition) is 1. The number of carbonyl (C=O) groups is 1. The fraction of sp³-hybridized carbons (Fsp3) is 0.0435. The molecule has 3 aromatic carbocycles. The van der Waals surface area contributed by atoms with E-state index in [0.717, 1.165) is 5.56 Å². The molecule has 0 fully saturated rings. The van der Waals surface area contributed by atoms with Crippen LogP contribution in [-0.2, 0) is 11.4 Å². The molecule has 0 heterocycles. The predicted octanol–water partition coefficient (Wildman–Crippen LogP) is 7.78. The molecule has 0 unspecified atom stereocenters. The number of nitrogens with one attached hydrogen (secondary N) is 1. The molecule has 0 saturated carbocycles. The molecule has 0 aromatic heterocycles. The van der Waals surface area contributed by atoms with E-state index in [0.29, 0.717) is 31.0 Å². The second kappa shape index (κ2) is 11.0. The van der Waals surface area contributed by atoms with Crippen LogP contribution in [-0.4, -0.2) is 5.91 Å². The Hall–Kier alpha value is -2.37. The van der Waals surface area contributed by atoms with E-state index in [1.54, 1.807) is 36.4 Å². The number of nitrogens with zero attached hydrogens (tertiary/aromatic N) is 1. The first-order valence-corrected chi connectivity index (χ1v) is 11.4. The first-order valence-electron chi connectivity index (χ1n) is 9.01. The minimum absolute atomic E-state index is 0.102. The Morgan fingerprint density at radius 3 is 2.31 bits per heavy atom. The molecule has 0 aliphatic heterocycles. The SMILES string of the molecule is N#C/C(=C\c1cc(Br)c(OCc2ccc(F)cc2)c(Br)c1)C(=O)Nc1ccc(Cl)c(Cl)c1. The van der Waals surface area contributed by atoms with Crippen LogP contribution in [0.4, 0.5) is 10.1 Å². The summed E-state index contributed by atoms with van der Waals surface area (Å²) in [6, 6.07) is 16.0. The molecule has 0 aliphatic carbocycles. The number of rotatable bonds is 6. The average Bonchev–Trinajstić information content (AvgIpc) is 2.75. The number of hydrogen-bond acceptors (Lipinski definition) is 3. The van der Waals surface area contributed by atoms with Gasteiger partial charge in [0, 0.05) is 5.69 Å². The summed E-state index contributed by atoms with van der Waals surface area (Å²) in [7, 11) is 0. The first-order chi connectivity index (χ1) is 15.3. The van der Waals surface area contributed by atoms with Crippen LogP contribution in [0.25, 0.3) is 6.08 Å². The fourth-order valence-electron chi connectivity index (χ4n) is 2.62. The summed E-state index contributed by atoms with van der Waals surface area (Å²) in [6.45, 7) is 0.238. The smallest absolute Gasteiger partial charge is 0.266 e. The number of halogens is 5. The Labute approximate surface area is 210 Å². The Bertz CT molecular complexity index is 1220. The van der Waals surface area contributed by atoms with Crippen molar-refractivity contribution < 1.29 is 13.9 Å². The lowest BCUT2D eigenvalue weighted by atomic mass is 10.1. The van der Waals surface area contributed by atoms with Gasteiger partial charge in [-0.3, -0.25) is 4.79 Å². The highest BCUT2D eigenvalue weighted by molar-refractivity contribution is 9.11. The normalized spacial score (nSPS) is 11.1. The molecule has 32 heavy (non-hydrogen) atoms. The zero-order chi connectivity index (χ0) is 23.3. The van der Waals surface area contributed by atoms with Crippen molar-refractivity contribution >= 4 is 72.7 Å². The van der Waals surface area contributed by atoms with Gasteiger partial charge in [-0.1, -0.05) is 35.3 Å². The van der Waals surface area contributed by atoms with Crippen molar-refractivity contribution in [1.82, 2.24) is 0 Å². The van der Waals surface area contributed by atoms with Crippen LogP contribution in [0.5, 0.6) is 5.75 Å². The maximum absolute atomic E-state index is 13.0. The maximum atomic E-state index is 13.0. The molecule has 3 aromatic rings. The highest BCUT2D eigenvalue weighted by Crippen LogP contribution is 2.36. The lowest BCUT2D eigenvalue weighted by Gasteiger charge is -2.12. The Morgan fingerprint density at radius 2 is 1.72 bits per heavy atom. The van der Waals surface area contributed by atoms with Gasteiger partial charge in [0.05, 0.1) is 19.0 Å². The van der Waals surface area contributed by atoms with E-state index in [1.165, 1.54) is 24.3 Å². The van der Waals surface area contributed by atoms with Crippen molar-refractivity contribution in [2.45, 2.75) is 6.61 Å². The first kappa shape index (κ1) is 24.3. The summed E-state index contributed by atoms with van der Waals surface area (Å²) < 4.78 is 20.1. The van der Waals surface area contributed by atoms with Crippen LogP contribution in [0, 0.1) is 17.1 Å². The van der Waals surface area contributed by atoms with E-state index < -0.39 is 5.91 Å². The van der Waals surface area contributed by atoms with E-state index in [1.807, 2.05) is 6.07 Å². The zero-order valence-corrected chi connectivity index (χ0v) is 20.8. The van der Waals surface area contributed by atoms with E-state index in [4.69, 9.17) is 27.9 Å². The molecule has 1 N–H and O–H groups in total. The molecular formula is C23H13Br2Cl2FN2O2. The third kappa shape index (κ3) is 6.33. The van der Waals surface area contributed by atoms with Crippen molar-refractivity contribution in [3.05, 3.63) is 96.1 Å². The van der Waals surface area contributed by atoms with Crippen molar-refractivity contribution in [2.24, 2.45) is 0 Å². The molecule has 0 saturated heterocycles. The number of amides is 1. The third-order valence-corrected chi connectivity index (χ3v) is 6.09. The van der Waals surface area contributed by atoms with Crippen LogP contribution in [0.2, 0.25) is 10.0 Å². The Morgan fingerprint density at radius 1 is 1.06 bits per heavy atom. The van der Waals surface area contributed by atoms with Gasteiger partial charge in [0.1, 0.15) is 29.8 Å². The molecule has 3 rings (SSSR count). The summed E-state index contributed by atoms with van der Waals surface area (Å²) in [4.78, 5) is 12.5. The van der Waals surface area contributed by atoms with Gasteiger partial charge in [-0.15, -0.1) is 0 Å². The van der Waals surface area contributed by atoms with Crippen LogP contribution >= 0.6 is 55.1 Å². The van der Waals surface area contributed by atoms with Gasteiger partial charge < -0.3 is 10.1 Å². The van der Waals surface area contributed by atoms with E-state index >= 15 is 0 Å². The third-order valence-electron chi connectivity index (χ3n) is 4.17.